The zero-order chi connectivity index (χ0) is 24.5. The van der Waals surface area contributed by atoms with E-state index in [2.05, 4.69) is 0 Å². The first-order valence-electron chi connectivity index (χ1n) is 11.1. The number of aromatic nitrogens is 1. The smallest absolute Gasteiger partial charge is 0.381 e. The number of nitrogens with zero attached hydrogens (tertiary/aromatic N) is 2. The van der Waals surface area contributed by atoms with E-state index in [4.69, 9.17) is 4.74 Å². The summed E-state index contributed by atoms with van der Waals surface area (Å²) >= 11 is 0. The fourth-order valence-corrected chi connectivity index (χ4v) is 4.63. The maximum atomic E-state index is 14.4. The number of hydrogen-bond acceptors (Lipinski definition) is 2. The van der Waals surface area contributed by atoms with Crippen LogP contribution < -0.4 is 0 Å². The van der Waals surface area contributed by atoms with Crippen LogP contribution in [0.1, 0.15) is 40.2 Å². The Bertz CT molecular complexity index is 1150. The van der Waals surface area contributed by atoms with Crippen molar-refractivity contribution in [3.8, 4) is 11.1 Å². The average molecular weight is 474 g/mol. The molecule has 8 heteroatoms. The summed E-state index contributed by atoms with van der Waals surface area (Å²) in [5.41, 5.74) is 0.191. The van der Waals surface area contributed by atoms with E-state index >= 15 is 0 Å². The summed E-state index contributed by atoms with van der Waals surface area (Å²) in [5, 5.41) is 0. The van der Waals surface area contributed by atoms with Gasteiger partial charge in [-0.05, 0) is 48.6 Å². The van der Waals surface area contributed by atoms with Crippen molar-refractivity contribution in [1.82, 2.24) is 9.47 Å². The number of amides is 1. The molecule has 4 nitrogen and oxygen atoms in total. The van der Waals surface area contributed by atoms with Gasteiger partial charge in [-0.15, -0.1) is 0 Å². The van der Waals surface area contributed by atoms with Gasteiger partial charge in [-0.1, -0.05) is 42.5 Å². The van der Waals surface area contributed by atoms with Crippen LogP contribution in [0.3, 0.4) is 0 Å². The molecule has 0 saturated carbocycles. The van der Waals surface area contributed by atoms with E-state index in [-0.39, 0.29) is 29.4 Å². The molecule has 1 aliphatic heterocycles. The van der Waals surface area contributed by atoms with Crippen LogP contribution in [0.5, 0.6) is 0 Å². The standard InChI is InChI=1S/C26H26F4N2O2/c1-17-22(19-8-10-20(27)11-9-19)23(25(33)31(2)21-12-14-34-15-13-21)32(24(17)26(28,29)30)16-18-6-4-3-5-7-18/h3-11,21H,12-16H2,1-2H3. The predicted octanol–water partition coefficient (Wildman–Crippen LogP) is 5.92. The lowest BCUT2D eigenvalue weighted by Gasteiger charge is -2.32. The van der Waals surface area contributed by atoms with Crippen molar-refractivity contribution >= 4 is 5.91 Å². The third kappa shape index (κ3) is 4.73. The van der Waals surface area contributed by atoms with Crippen molar-refractivity contribution < 1.29 is 27.1 Å². The second-order valence-electron chi connectivity index (χ2n) is 8.53. The van der Waals surface area contributed by atoms with E-state index in [9.17, 15) is 22.4 Å². The highest BCUT2D eigenvalue weighted by atomic mass is 19.4. The molecule has 1 aromatic heterocycles. The molecular weight excluding hydrogens is 448 g/mol. The number of halogens is 4. The zero-order valence-electron chi connectivity index (χ0n) is 19.0. The third-order valence-electron chi connectivity index (χ3n) is 6.35. The molecule has 0 spiro atoms. The van der Waals surface area contributed by atoms with Crippen LogP contribution >= 0.6 is 0 Å². The Morgan fingerprint density at radius 1 is 1.06 bits per heavy atom. The molecule has 3 aromatic rings. The fraction of sp³-hybridized carbons (Fsp3) is 0.346. The van der Waals surface area contributed by atoms with Gasteiger partial charge in [0.25, 0.3) is 5.91 Å². The average Bonchev–Trinajstić information content (AvgIpc) is 3.11. The Labute approximate surface area is 195 Å². The van der Waals surface area contributed by atoms with Crippen LogP contribution in [-0.4, -0.2) is 41.7 Å². The number of carbonyl (C=O) groups excluding carboxylic acids is 1. The van der Waals surface area contributed by atoms with Crippen LogP contribution in [0.4, 0.5) is 17.6 Å². The lowest BCUT2D eigenvalue weighted by Crippen LogP contribution is -2.41. The van der Waals surface area contributed by atoms with E-state index in [1.807, 2.05) is 0 Å². The quantitative estimate of drug-likeness (QED) is 0.430. The molecule has 1 saturated heterocycles. The molecule has 2 heterocycles. The Kier molecular flexibility index (Phi) is 6.79. The van der Waals surface area contributed by atoms with Crippen LogP contribution in [0.25, 0.3) is 11.1 Å². The summed E-state index contributed by atoms with van der Waals surface area (Å²) in [6, 6.07) is 13.8. The molecule has 2 aromatic carbocycles. The number of alkyl halides is 3. The van der Waals surface area contributed by atoms with Gasteiger partial charge in [-0.25, -0.2) is 4.39 Å². The minimum atomic E-state index is -4.69. The number of benzene rings is 2. The van der Waals surface area contributed by atoms with Gasteiger partial charge >= 0.3 is 6.18 Å². The van der Waals surface area contributed by atoms with Crippen LogP contribution in [0.15, 0.2) is 54.6 Å². The Hall–Kier alpha value is -3.13. The van der Waals surface area contributed by atoms with Gasteiger partial charge in [0.05, 0.1) is 0 Å². The summed E-state index contributed by atoms with van der Waals surface area (Å²) in [6.07, 6.45) is -3.47. The molecule has 1 fully saturated rings. The van der Waals surface area contributed by atoms with Crippen LogP contribution in [0.2, 0.25) is 0 Å². The molecule has 0 atom stereocenters. The number of ether oxygens (including phenoxy) is 1. The van der Waals surface area contributed by atoms with Crippen molar-refractivity contribution in [3.05, 3.63) is 82.9 Å². The second-order valence-corrected chi connectivity index (χ2v) is 8.53. The molecule has 0 bridgehead atoms. The zero-order valence-corrected chi connectivity index (χ0v) is 19.0. The SMILES string of the molecule is Cc1c(-c2ccc(F)cc2)c(C(=O)N(C)C2CCOCC2)n(Cc2ccccc2)c1C(F)(F)F. The second kappa shape index (κ2) is 9.62. The van der Waals surface area contributed by atoms with E-state index in [1.54, 1.807) is 37.4 Å². The molecule has 0 radical (unpaired) electrons. The van der Waals surface area contributed by atoms with Gasteiger partial charge in [-0.3, -0.25) is 4.79 Å². The highest BCUT2D eigenvalue weighted by Gasteiger charge is 2.42. The van der Waals surface area contributed by atoms with Crippen molar-refractivity contribution in [2.75, 3.05) is 20.3 Å². The summed E-state index contributed by atoms with van der Waals surface area (Å²) in [7, 11) is 1.62. The first-order valence-corrected chi connectivity index (χ1v) is 11.1. The van der Waals surface area contributed by atoms with Gasteiger partial charge < -0.3 is 14.2 Å². The van der Waals surface area contributed by atoms with Crippen molar-refractivity contribution in [1.29, 1.82) is 0 Å². The number of rotatable bonds is 5. The molecule has 0 unspecified atom stereocenters. The van der Waals surface area contributed by atoms with E-state index in [1.165, 1.54) is 36.1 Å². The Morgan fingerprint density at radius 2 is 1.68 bits per heavy atom. The number of carbonyl (C=O) groups is 1. The van der Waals surface area contributed by atoms with Gasteiger partial charge in [0.2, 0.25) is 0 Å². The summed E-state index contributed by atoms with van der Waals surface area (Å²) in [4.78, 5) is 15.4. The predicted molar refractivity (Wildman–Crippen MR) is 121 cm³/mol. The minimum absolute atomic E-state index is 0.0470. The van der Waals surface area contributed by atoms with E-state index in [0.717, 1.165) is 4.57 Å². The van der Waals surface area contributed by atoms with Gasteiger partial charge in [0, 0.05) is 38.4 Å². The molecule has 34 heavy (non-hydrogen) atoms. The first kappa shape index (κ1) is 24.0. The summed E-state index contributed by atoms with van der Waals surface area (Å²) in [6.45, 7) is 2.23. The summed E-state index contributed by atoms with van der Waals surface area (Å²) < 4.78 is 63.2. The fourth-order valence-electron chi connectivity index (χ4n) is 4.63. The monoisotopic (exact) mass is 474 g/mol. The molecular formula is C26H26F4N2O2. The summed E-state index contributed by atoms with van der Waals surface area (Å²) in [5.74, 6) is -1.01. The maximum Gasteiger partial charge on any atom is 0.431 e. The normalized spacial score (nSPS) is 14.9. The molecule has 0 N–H and O–H groups in total. The van der Waals surface area contributed by atoms with Crippen molar-refractivity contribution in [2.45, 2.75) is 38.5 Å². The lowest BCUT2D eigenvalue weighted by molar-refractivity contribution is -0.143. The molecule has 180 valence electrons. The van der Waals surface area contributed by atoms with E-state index in [0.29, 0.717) is 37.2 Å². The molecule has 0 aliphatic carbocycles. The van der Waals surface area contributed by atoms with Gasteiger partial charge in [0.1, 0.15) is 17.2 Å². The molecule has 4 rings (SSSR count). The van der Waals surface area contributed by atoms with E-state index < -0.39 is 23.6 Å². The highest BCUT2D eigenvalue weighted by molar-refractivity contribution is 6.01. The van der Waals surface area contributed by atoms with Gasteiger partial charge in [0.15, 0.2) is 0 Å². The van der Waals surface area contributed by atoms with Gasteiger partial charge in [-0.2, -0.15) is 13.2 Å². The minimum Gasteiger partial charge on any atom is -0.381 e. The Balaban J connectivity index is 1.94. The topological polar surface area (TPSA) is 34.5 Å². The molecule has 1 aliphatic rings. The third-order valence-corrected chi connectivity index (χ3v) is 6.35. The first-order chi connectivity index (χ1) is 16.2. The highest BCUT2D eigenvalue weighted by Crippen LogP contribution is 2.42. The van der Waals surface area contributed by atoms with Crippen molar-refractivity contribution in [2.24, 2.45) is 0 Å². The molecule has 1 amide bonds. The maximum absolute atomic E-state index is 14.4. The van der Waals surface area contributed by atoms with Crippen LogP contribution in [-0.2, 0) is 17.5 Å². The Morgan fingerprint density at radius 3 is 2.26 bits per heavy atom. The van der Waals surface area contributed by atoms with Crippen LogP contribution in [0, 0.1) is 12.7 Å². The number of hydrogen-bond donors (Lipinski definition) is 0. The van der Waals surface area contributed by atoms with Crippen molar-refractivity contribution in [3.63, 3.8) is 0 Å². The lowest BCUT2D eigenvalue weighted by atomic mass is 9.99. The largest absolute Gasteiger partial charge is 0.431 e.